The van der Waals surface area contributed by atoms with Crippen LogP contribution in [0.15, 0.2) is 0 Å². The van der Waals surface area contributed by atoms with E-state index in [2.05, 4.69) is 51.3 Å². The van der Waals surface area contributed by atoms with Gasteiger partial charge in [-0.05, 0) is 64.0 Å². The van der Waals surface area contributed by atoms with Crippen molar-refractivity contribution in [2.24, 2.45) is 17.8 Å². The minimum absolute atomic E-state index is 0.0456. The van der Waals surface area contributed by atoms with Gasteiger partial charge in [0.15, 0.2) is 0 Å². The lowest BCUT2D eigenvalue weighted by atomic mass is 9.78. The normalized spacial score (nSPS) is 44.2. The Hall–Kier alpha value is -0.460. The predicted octanol–water partition coefficient (Wildman–Crippen LogP) is -0.173. The molecule has 4 aliphatic rings. The number of thioether (sulfide) groups is 1. The molecule has 1 aliphatic carbocycles. The van der Waals surface area contributed by atoms with Crippen LogP contribution in [0.3, 0.4) is 0 Å². The molecule has 1 saturated carbocycles. The average molecular weight is 456 g/mol. The second-order valence-electron chi connectivity index (χ2n) is 9.68. The van der Waals surface area contributed by atoms with E-state index in [0.717, 1.165) is 51.7 Å². The highest BCUT2D eigenvalue weighted by molar-refractivity contribution is 8.00. The Morgan fingerprint density at radius 3 is 2.74 bits per heavy atom. The van der Waals surface area contributed by atoms with E-state index in [4.69, 9.17) is 4.74 Å². The largest absolute Gasteiger partial charge is 0.380 e. The van der Waals surface area contributed by atoms with Crippen LogP contribution in [0.5, 0.6) is 0 Å². The Bertz CT molecular complexity index is 600. The fourth-order valence-electron chi connectivity index (χ4n) is 5.43. The maximum absolute atomic E-state index is 12.9. The molecule has 4 fully saturated rings. The van der Waals surface area contributed by atoms with Gasteiger partial charge in [-0.15, -0.1) is 11.8 Å². The zero-order chi connectivity index (χ0) is 21.8. The van der Waals surface area contributed by atoms with Crippen LogP contribution < -0.4 is 37.4 Å². The van der Waals surface area contributed by atoms with Crippen LogP contribution in [0.1, 0.15) is 46.0 Å². The lowest BCUT2D eigenvalue weighted by Crippen LogP contribution is -2.66. The third-order valence-electron chi connectivity index (χ3n) is 7.41. The SMILES string of the molecule is COC1CNCC(C2CCNC(NC3CC(C(=O)NC4NNC(C)S4)CCC3C)N2)C1. The minimum Gasteiger partial charge on any atom is -0.380 e. The maximum Gasteiger partial charge on any atom is 0.225 e. The number of carbonyl (C=O) groups is 1. The number of piperidine rings is 1. The summed E-state index contributed by atoms with van der Waals surface area (Å²) < 4.78 is 5.59. The lowest BCUT2D eigenvalue weighted by Gasteiger charge is -2.43. The zero-order valence-corrected chi connectivity index (χ0v) is 19.9. The van der Waals surface area contributed by atoms with Gasteiger partial charge in [0, 0.05) is 31.7 Å². The van der Waals surface area contributed by atoms with Crippen molar-refractivity contribution in [3.8, 4) is 0 Å². The number of carbonyl (C=O) groups excluding carboxylic acids is 1. The van der Waals surface area contributed by atoms with Crippen LogP contribution in [0, 0.1) is 17.8 Å². The number of nitrogens with one attached hydrogen (secondary N) is 7. The molecule has 0 radical (unpaired) electrons. The van der Waals surface area contributed by atoms with Gasteiger partial charge >= 0.3 is 0 Å². The average Bonchev–Trinajstić information content (AvgIpc) is 3.20. The molecule has 10 heteroatoms. The van der Waals surface area contributed by atoms with E-state index < -0.39 is 0 Å². The number of amides is 1. The molecule has 0 aromatic carbocycles. The van der Waals surface area contributed by atoms with Crippen LogP contribution in [-0.2, 0) is 9.53 Å². The fourth-order valence-corrected chi connectivity index (χ4v) is 6.29. The molecule has 9 unspecified atom stereocenters. The van der Waals surface area contributed by atoms with Crippen LogP contribution in [0.25, 0.3) is 0 Å². The first-order chi connectivity index (χ1) is 15.0. The van der Waals surface area contributed by atoms with E-state index in [1.165, 1.54) is 0 Å². The molecule has 0 bridgehead atoms. The third-order valence-corrected chi connectivity index (χ3v) is 8.44. The molecule has 7 N–H and O–H groups in total. The van der Waals surface area contributed by atoms with Crippen molar-refractivity contribution in [3.05, 3.63) is 0 Å². The smallest absolute Gasteiger partial charge is 0.225 e. The minimum atomic E-state index is -0.0456. The molecule has 3 saturated heterocycles. The van der Waals surface area contributed by atoms with Crippen molar-refractivity contribution in [1.82, 2.24) is 37.4 Å². The van der Waals surface area contributed by atoms with E-state index in [0.29, 0.717) is 35.4 Å². The van der Waals surface area contributed by atoms with Gasteiger partial charge in [0.05, 0.1) is 11.5 Å². The summed E-state index contributed by atoms with van der Waals surface area (Å²) >= 11 is 1.70. The van der Waals surface area contributed by atoms with E-state index in [1.807, 2.05) is 7.11 Å². The summed E-state index contributed by atoms with van der Waals surface area (Å²) in [5, 5.41) is 18.2. The molecule has 0 aromatic heterocycles. The molecule has 4 rings (SSSR count). The van der Waals surface area contributed by atoms with Crippen LogP contribution in [0.4, 0.5) is 0 Å². The summed E-state index contributed by atoms with van der Waals surface area (Å²) in [7, 11) is 1.81. The molecular weight excluding hydrogens is 414 g/mol. The Morgan fingerprint density at radius 2 is 1.97 bits per heavy atom. The fraction of sp³-hybridized carbons (Fsp3) is 0.952. The Labute approximate surface area is 190 Å². The van der Waals surface area contributed by atoms with Crippen molar-refractivity contribution < 1.29 is 9.53 Å². The molecule has 0 aromatic rings. The van der Waals surface area contributed by atoms with Crippen molar-refractivity contribution in [2.75, 3.05) is 26.7 Å². The zero-order valence-electron chi connectivity index (χ0n) is 19.1. The molecule has 31 heavy (non-hydrogen) atoms. The lowest BCUT2D eigenvalue weighted by molar-refractivity contribution is -0.127. The number of rotatable bonds is 6. The summed E-state index contributed by atoms with van der Waals surface area (Å²) in [5.74, 6) is 1.38. The Balaban J connectivity index is 1.27. The molecule has 1 amide bonds. The molecule has 0 spiro atoms. The van der Waals surface area contributed by atoms with Gasteiger partial charge in [0.1, 0.15) is 11.8 Å². The van der Waals surface area contributed by atoms with Crippen molar-refractivity contribution >= 4 is 17.7 Å². The number of methoxy groups -OCH3 is 1. The number of hydrogen-bond acceptors (Lipinski definition) is 9. The molecular formula is C21H41N7O2S. The van der Waals surface area contributed by atoms with Crippen molar-refractivity contribution in [3.63, 3.8) is 0 Å². The van der Waals surface area contributed by atoms with Crippen LogP contribution in [-0.4, -0.2) is 68.0 Å². The van der Waals surface area contributed by atoms with Crippen molar-refractivity contribution in [2.45, 2.75) is 81.3 Å². The molecule has 178 valence electrons. The van der Waals surface area contributed by atoms with E-state index in [9.17, 15) is 4.79 Å². The topological polar surface area (TPSA) is 111 Å². The molecule has 9 atom stereocenters. The van der Waals surface area contributed by atoms with Gasteiger partial charge in [-0.3, -0.25) is 20.7 Å². The van der Waals surface area contributed by atoms with Gasteiger partial charge in [-0.1, -0.05) is 6.92 Å². The van der Waals surface area contributed by atoms with Gasteiger partial charge in [-0.25, -0.2) is 10.9 Å². The summed E-state index contributed by atoms with van der Waals surface area (Å²) in [6, 6.07) is 0.799. The number of hydrazine groups is 1. The number of ether oxygens (including phenoxy) is 1. The standard InChI is InChI=1S/C21H41N7O2S/c1-12-4-5-14(19(29)26-21-28-27-13(2)31-21)9-18(12)25-20-23-7-6-17(24-20)15-8-16(30-3)11-22-10-15/h12-18,20-25,27-28H,4-11H2,1-3H3,(H,26,29). The first kappa shape index (κ1) is 23.7. The highest BCUT2D eigenvalue weighted by Crippen LogP contribution is 2.30. The second-order valence-corrected chi connectivity index (χ2v) is 11.1. The van der Waals surface area contributed by atoms with E-state index in [-0.39, 0.29) is 23.6 Å². The molecule has 3 aliphatic heterocycles. The quantitative estimate of drug-likeness (QED) is 0.294. The maximum atomic E-state index is 12.9. The summed E-state index contributed by atoms with van der Waals surface area (Å²) in [4.78, 5) is 12.9. The van der Waals surface area contributed by atoms with Gasteiger partial charge < -0.3 is 15.4 Å². The summed E-state index contributed by atoms with van der Waals surface area (Å²) in [6.45, 7) is 7.40. The first-order valence-corrected chi connectivity index (χ1v) is 12.9. The molecule has 3 heterocycles. The summed E-state index contributed by atoms with van der Waals surface area (Å²) in [5.41, 5.74) is 6.23. The van der Waals surface area contributed by atoms with Gasteiger partial charge in [-0.2, -0.15) is 0 Å². The Kier molecular flexibility index (Phi) is 8.49. The number of hydrogen-bond donors (Lipinski definition) is 7. The van der Waals surface area contributed by atoms with Gasteiger partial charge in [0.25, 0.3) is 0 Å². The van der Waals surface area contributed by atoms with Crippen molar-refractivity contribution in [1.29, 1.82) is 0 Å². The van der Waals surface area contributed by atoms with Crippen LogP contribution in [0.2, 0.25) is 0 Å². The van der Waals surface area contributed by atoms with Crippen LogP contribution >= 0.6 is 11.8 Å². The summed E-state index contributed by atoms with van der Waals surface area (Å²) in [6.07, 6.45) is 5.56. The first-order valence-electron chi connectivity index (χ1n) is 12.0. The molecule has 9 nitrogen and oxygen atoms in total. The van der Waals surface area contributed by atoms with E-state index >= 15 is 0 Å². The highest BCUT2D eigenvalue weighted by atomic mass is 32.2. The highest BCUT2D eigenvalue weighted by Gasteiger charge is 2.36. The third kappa shape index (κ3) is 6.32. The monoisotopic (exact) mass is 455 g/mol. The Morgan fingerprint density at radius 1 is 1.10 bits per heavy atom. The second kappa shape index (κ2) is 11.1. The van der Waals surface area contributed by atoms with E-state index in [1.54, 1.807) is 11.8 Å². The predicted molar refractivity (Wildman–Crippen MR) is 124 cm³/mol. The van der Waals surface area contributed by atoms with Gasteiger partial charge in [0.2, 0.25) is 5.91 Å².